The summed E-state index contributed by atoms with van der Waals surface area (Å²) in [4.78, 5) is 11.8. The van der Waals surface area contributed by atoms with Gasteiger partial charge in [0.05, 0.1) is 11.9 Å². The summed E-state index contributed by atoms with van der Waals surface area (Å²) in [5.41, 5.74) is 2.87. The fraction of sp³-hybridized carbons (Fsp3) is 0.167. The minimum absolute atomic E-state index is 0.192. The molecular formula is C12H11BrN2O2. The summed E-state index contributed by atoms with van der Waals surface area (Å²) in [7, 11) is 0. The maximum absolute atomic E-state index is 11.8. The second kappa shape index (κ2) is 4.71. The summed E-state index contributed by atoms with van der Waals surface area (Å²) >= 11 is 3.43. The highest BCUT2D eigenvalue weighted by Crippen LogP contribution is 2.28. The molecule has 1 aromatic carbocycles. The van der Waals surface area contributed by atoms with E-state index in [0.29, 0.717) is 0 Å². The zero-order chi connectivity index (χ0) is 12.4. The minimum atomic E-state index is -0.310. The van der Waals surface area contributed by atoms with Gasteiger partial charge in [0.25, 0.3) is 5.91 Å². The number of rotatable bonds is 2. The van der Waals surface area contributed by atoms with E-state index in [1.165, 1.54) is 12.3 Å². The number of carbonyl (C=O) groups is 1. The van der Waals surface area contributed by atoms with Crippen LogP contribution >= 0.6 is 15.9 Å². The predicted molar refractivity (Wildman–Crippen MR) is 68.1 cm³/mol. The van der Waals surface area contributed by atoms with Crippen LogP contribution in [0.5, 0.6) is 0 Å². The van der Waals surface area contributed by atoms with Crippen LogP contribution in [0.1, 0.15) is 21.7 Å². The Morgan fingerprint density at radius 2 is 2.18 bits per heavy atom. The zero-order valence-corrected chi connectivity index (χ0v) is 11.0. The van der Waals surface area contributed by atoms with Crippen molar-refractivity contribution in [3.05, 3.63) is 45.8 Å². The van der Waals surface area contributed by atoms with Crippen LogP contribution in [0.2, 0.25) is 0 Å². The first kappa shape index (κ1) is 11.9. The van der Waals surface area contributed by atoms with Gasteiger partial charge in [0.15, 0.2) is 0 Å². The van der Waals surface area contributed by atoms with Crippen molar-refractivity contribution >= 4 is 27.5 Å². The number of nitrogens with one attached hydrogen (secondary N) is 1. The number of hydrogen-bond donors (Lipinski definition) is 1. The average Bonchev–Trinajstić information content (AvgIpc) is 2.76. The van der Waals surface area contributed by atoms with Crippen LogP contribution in [-0.2, 0) is 0 Å². The summed E-state index contributed by atoms with van der Waals surface area (Å²) in [6.45, 7) is 3.94. The van der Waals surface area contributed by atoms with Crippen LogP contribution in [0.15, 0.2) is 33.4 Å². The molecule has 5 heteroatoms. The summed E-state index contributed by atoms with van der Waals surface area (Å²) in [5, 5.41) is 6.28. The largest absolute Gasteiger partial charge is 0.351 e. The molecule has 0 spiro atoms. The molecule has 0 radical (unpaired) electrons. The minimum Gasteiger partial charge on any atom is -0.351 e. The average molecular weight is 295 g/mol. The molecule has 1 amide bonds. The van der Waals surface area contributed by atoms with Crippen molar-refractivity contribution in [3.8, 4) is 0 Å². The van der Waals surface area contributed by atoms with Gasteiger partial charge in [0.1, 0.15) is 0 Å². The lowest BCUT2D eigenvalue weighted by atomic mass is 10.1. The molecular weight excluding hydrogens is 284 g/mol. The number of anilines is 1. The molecule has 0 unspecified atom stereocenters. The van der Waals surface area contributed by atoms with E-state index in [2.05, 4.69) is 26.4 Å². The Morgan fingerprint density at radius 1 is 1.41 bits per heavy atom. The number of hydrogen-bond acceptors (Lipinski definition) is 3. The third-order valence-corrected chi connectivity index (χ3v) is 2.96. The van der Waals surface area contributed by atoms with Crippen molar-refractivity contribution in [1.29, 1.82) is 0 Å². The lowest BCUT2D eigenvalue weighted by molar-refractivity contribution is 0.0988. The van der Waals surface area contributed by atoms with Gasteiger partial charge >= 0.3 is 0 Å². The molecule has 0 saturated carbocycles. The first-order valence-corrected chi connectivity index (χ1v) is 5.86. The van der Waals surface area contributed by atoms with E-state index < -0.39 is 0 Å². The summed E-state index contributed by atoms with van der Waals surface area (Å²) < 4.78 is 5.64. The molecule has 88 valence electrons. The van der Waals surface area contributed by atoms with E-state index in [4.69, 9.17) is 4.52 Å². The van der Waals surface area contributed by atoms with Gasteiger partial charge in [-0.25, -0.2) is 0 Å². The van der Waals surface area contributed by atoms with Crippen LogP contribution in [0.4, 0.5) is 5.69 Å². The summed E-state index contributed by atoms with van der Waals surface area (Å²) in [6, 6.07) is 5.47. The Balaban J connectivity index is 2.28. The van der Waals surface area contributed by atoms with Gasteiger partial charge in [-0.1, -0.05) is 11.2 Å². The Hall–Kier alpha value is -1.62. The molecule has 0 atom stereocenters. The molecule has 0 aliphatic rings. The topological polar surface area (TPSA) is 55.1 Å². The Kier molecular flexibility index (Phi) is 3.28. The molecule has 2 rings (SSSR count). The van der Waals surface area contributed by atoms with Crippen molar-refractivity contribution in [3.63, 3.8) is 0 Å². The third kappa shape index (κ3) is 2.55. The molecule has 0 saturated heterocycles. The first-order chi connectivity index (χ1) is 8.08. The van der Waals surface area contributed by atoms with Gasteiger partial charge < -0.3 is 9.84 Å². The van der Waals surface area contributed by atoms with E-state index >= 15 is 0 Å². The van der Waals surface area contributed by atoms with Crippen molar-refractivity contribution in [2.75, 3.05) is 5.32 Å². The van der Waals surface area contributed by atoms with E-state index in [9.17, 15) is 4.79 Å². The molecule has 2 aromatic rings. The van der Waals surface area contributed by atoms with E-state index in [1.54, 1.807) is 0 Å². The maximum Gasteiger partial charge on any atom is 0.294 e. The van der Waals surface area contributed by atoms with Gasteiger partial charge in [-0.2, -0.15) is 0 Å². The highest BCUT2D eigenvalue weighted by atomic mass is 79.9. The molecule has 1 N–H and O–H groups in total. The van der Waals surface area contributed by atoms with Crippen LogP contribution in [0.25, 0.3) is 0 Å². The molecule has 0 fully saturated rings. The fourth-order valence-corrected chi connectivity index (χ4v) is 2.36. The number of aromatic nitrogens is 1. The van der Waals surface area contributed by atoms with E-state index in [0.717, 1.165) is 21.3 Å². The van der Waals surface area contributed by atoms with Crippen LogP contribution in [0, 0.1) is 13.8 Å². The van der Waals surface area contributed by atoms with Gasteiger partial charge in [-0.15, -0.1) is 0 Å². The monoisotopic (exact) mass is 294 g/mol. The highest BCUT2D eigenvalue weighted by Gasteiger charge is 2.13. The number of aryl methyl sites for hydroxylation is 2. The smallest absolute Gasteiger partial charge is 0.294 e. The van der Waals surface area contributed by atoms with Gasteiger partial charge in [-0.05, 0) is 47.0 Å². The van der Waals surface area contributed by atoms with Gasteiger partial charge in [-0.3, -0.25) is 4.79 Å². The fourth-order valence-electron chi connectivity index (χ4n) is 1.58. The summed E-state index contributed by atoms with van der Waals surface area (Å²) in [5.74, 6) is -0.118. The lowest BCUT2D eigenvalue weighted by Gasteiger charge is -2.10. The zero-order valence-electron chi connectivity index (χ0n) is 9.45. The number of nitrogens with zero attached hydrogens (tertiary/aromatic N) is 1. The number of halogens is 1. The molecule has 17 heavy (non-hydrogen) atoms. The lowest BCUT2D eigenvalue weighted by Crippen LogP contribution is -2.12. The van der Waals surface area contributed by atoms with E-state index in [-0.39, 0.29) is 11.7 Å². The SMILES string of the molecule is Cc1cc(C)c(NC(=O)c2ccno2)c(Br)c1. The molecule has 0 aliphatic carbocycles. The van der Waals surface area contributed by atoms with Crippen molar-refractivity contribution in [1.82, 2.24) is 5.16 Å². The molecule has 0 aliphatic heterocycles. The normalized spacial score (nSPS) is 10.3. The van der Waals surface area contributed by atoms with Crippen molar-refractivity contribution in [2.45, 2.75) is 13.8 Å². The van der Waals surface area contributed by atoms with Gasteiger partial charge in [0, 0.05) is 10.5 Å². The molecule has 4 nitrogen and oxygen atoms in total. The van der Waals surface area contributed by atoms with Crippen molar-refractivity contribution in [2.24, 2.45) is 0 Å². The molecule has 1 heterocycles. The molecule has 0 bridgehead atoms. The predicted octanol–water partition coefficient (Wildman–Crippen LogP) is 3.31. The second-order valence-electron chi connectivity index (χ2n) is 3.77. The Labute approximate surface area is 107 Å². The maximum atomic E-state index is 11.8. The number of amides is 1. The quantitative estimate of drug-likeness (QED) is 0.924. The van der Waals surface area contributed by atoms with Crippen LogP contribution < -0.4 is 5.32 Å². The first-order valence-electron chi connectivity index (χ1n) is 5.06. The molecule has 1 aromatic heterocycles. The van der Waals surface area contributed by atoms with Crippen molar-refractivity contribution < 1.29 is 9.32 Å². The van der Waals surface area contributed by atoms with Gasteiger partial charge in [0.2, 0.25) is 5.76 Å². The third-order valence-electron chi connectivity index (χ3n) is 2.33. The summed E-state index contributed by atoms with van der Waals surface area (Å²) in [6.07, 6.45) is 1.44. The number of benzene rings is 1. The Bertz CT molecular complexity index is 527. The van der Waals surface area contributed by atoms with E-state index in [1.807, 2.05) is 26.0 Å². The second-order valence-corrected chi connectivity index (χ2v) is 4.62. The van der Waals surface area contributed by atoms with Crippen LogP contribution in [-0.4, -0.2) is 11.1 Å². The highest BCUT2D eigenvalue weighted by molar-refractivity contribution is 9.10. The Morgan fingerprint density at radius 3 is 2.76 bits per heavy atom. The standard InChI is InChI=1S/C12H11BrN2O2/c1-7-5-8(2)11(9(13)6-7)15-12(16)10-3-4-14-17-10/h3-6H,1-2H3,(H,15,16). The van der Waals surface area contributed by atoms with Crippen LogP contribution in [0.3, 0.4) is 0 Å². The number of carbonyl (C=O) groups excluding carboxylic acids is 1.